The topological polar surface area (TPSA) is 43.0 Å². The van der Waals surface area contributed by atoms with Crippen LogP contribution in [0.15, 0.2) is 22.7 Å². The number of rotatable bonds is 5. The largest absolute Gasteiger partial charge is 0.465 e. The van der Waals surface area contributed by atoms with Crippen LogP contribution in [-0.2, 0) is 13.6 Å². The van der Waals surface area contributed by atoms with Gasteiger partial charge in [0.1, 0.15) is 11.5 Å². The first-order valence-corrected chi connectivity index (χ1v) is 6.79. The summed E-state index contributed by atoms with van der Waals surface area (Å²) in [6.07, 6.45) is 2.09. The lowest BCUT2D eigenvalue weighted by atomic mass is 10.1. The van der Waals surface area contributed by atoms with Crippen LogP contribution < -0.4 is 5.32 Å². The molecule has 2 aromatic heterocycles. The predicted octanol–water partition coefficient (Wildman–Crippen LogP) is 3.30. The molecule has 4 nitrogen and oxygen atoms in total. The molecule has 104 valence electrons. The molecule has 0 spiro atoms. The zero-order valence-corrected chi connectivity index (χ0v) is 12.4. The van der Waals surface area contributed by atoms with Gasteiger partial charge in [-0.05, 0) is 31.9 Å². The van der Waals surface area contributed by atoms with Crippen molar-refractivity contribution in [1.82, 2.24) is 15.1 Å². The molecule has 4 heteroatoms. The van der Waals surface area contributed by atoms with E-state index in [0.29, 0.717) is 5.92 Å². The van der Waals surface area contributed by atoms with Crippen LogP contribution in [0.1, 0.15) is 55.5 Å². The molecule has 0 aliphatic rings. The third kappa shape index (κ3) is 3.26. The second-order valence-electron chi connectivity index (χ2n) is 5.42. The van der Waals surface area contributed by atoms with Gasteiger partial charge in [0.05, 0.1) is 11.7 Å². The van der Waals surface area contributed by atoms with Crippen LogP contribution in [-0.4, -0.2) is 9.78 Å². The van der Waals surface area contributed by atoms with Crippen molar-refractivity contribution in [3.63, 3.8) is 0 Å². The number of hydrogen-bond acceptors (Lipinski definition) is 3. The molecule has 0 saturated heterocycles. The van der Waals surface area contributed by atoms with Gasteiger partial charge in [0.2, 0.25) is 0 Å². The minimum Gasteiger partial charge on any atom is -0.465 e. The highest BCUT2D eigenvalue weighted by Gasteiger charge is 2.14. The number of nitrogens with one attached hydrogen (secondary N) is 1. The molecule has 0 radical (unpaired) electrons. The summed E-state index contributed by atoms with van der Waals surface area (Å²) in [5, 5.41) is 8.01. The van der Waals surface area contributed by atoms with E-state index in [0.717, 1.165) is 23.8 Å². The number of furan rings is 1. The number of aryl methyl sites for hydroxylation is 2. The molecule has 0 fully saturated rings. The Morgan fingerprint density at radius 2 is 2.05 bits per heavy atom. The first-order chi connectivity index (χ1) is 8.97. The van der Waals surface area contributed by atoms with Crippen molar-refractivity contribution in [3.8, 4) is 0 Å². The Kier molecular flexibility index (Phi) is 4.10. The van der Waals surface area contributed by atoms with Crippen molar-refractivity contribution >= 4 is 0 Å². The van der Waals surface area contributed by atoms with Gasteiger partial charge in [-0.1, -0.05) is 13.8 Å². The lowest BCUT2D eigenvalue weighted by molar-refractivity contribution is 0.415. The average Bonchev–Trinajstić information content (AvgIpc) is 2.92. The first-order valence-electron chi connectivity index (χ1n) is 6.79. The zero-order valence-electron chi connectivity index (χ0n) is 12.4. The monoisotopic (exact) mass is 261 g/mol. The van der Waals surface area contributed by atoms with E-state index in [1.54, 1.807) is 0 Å². The van der Waals surface area contributed by atoms with E-state index in [4.69, 9.17) is 4.42 Å². The van der Waals surface area contributed by atoms with Crippen LogP contribution in [0.4, 0.5) is 0 Å². The van der Waals surface area contributed by atoms with E-state index in [1.807, 2.05) is 30.8 Å². The molecule has 0 amide bonds. The third-order valence-electron chi connectivity index (χ3n) is 3.27. The smallest absolute Gasteiger partial charge is 0.120 e. The number of hydrogen-bond donors (Lipinski definition) is 1. The van der Waals surface area contributed by atoms with Crippen LogP contribution in [0.25, 0.3) is 0 Å². The van der Waals surface area contributed by atoms with E-state index in [9.17, 15) is 0 Å². The summed E-state index contributed by atoms with van der Waals surface area (Å²) in [6, 6.07) is 4.23. The quantitative estimate of drug-likeness (QED) is 0.898. The Morgan fingerprint density at radius 1 is 1.32 bits per heavy atom. The van der Waals surface area contributed by atoms with Crippen LogP contribution >= 0.6 is 0 Å². The summed E-state index contributed by atoms with van der Waals surface area (Å²) in [4.78, 5) is 0. The molecule has 0 aliphatic heterocycles. The maximum absolute atomic E-state index is 5.63. The Balaban J connectivity index is 2.02. The average molecular weight is 261 g/mol. The van der Waals surface area contributed by atoms with Gasteiger partial charge < -0.3 is 9.73 Å². The maximum atomic E-state index is 5.63. The Hall–Kier alpha value is -1.55. The fraction of sp³-hybridized carbons (Fsp3) is 0.533. The van der Waals surface area contributed by atoms with Gasteiger partial charge in [0.15, 0.2) is 0 Å². The van der Waals surface area contributed by atoms with Crippen LogP contribution in [0.2, 0.25) is 0 Å². The maximum Gasteiger partial charge on any atom is 0.120 e. The van der Waals surface area contributed by atoms with Gasteiger partial charge in [-0.2, -0.15) is 5.10 Å². The van der Waals surface area contributed by atoms with Crippen molar-refractivity contribution in [1.29, 1.82) is 0 Å². The number of aromatic nitrogens is 2. The molecular weight excluding hydrogens is 238 g/mol. The molecule has 1 atom stereocenters. The van der Waals surface area contributed by atoms with Gasteiger partial charge in [-0.25, -0.2) is 0 Å². The lowest BCUT2D eigenvalue weighted by Gasteiger charge is -2.12. The van der Waals surface area contributed by atoms with Crippen molar-refractivity contribution in [2.75, 3.05) is 0 Å². The lowest BCUT2D eigenvalue weighted by Crippen LogP contribution is -2.18. The van der Waals surface area contributed by atoms with E-state index in [2.05, 4.69) is 37.4 Å². The van der Waals surface area contributed by atoms with Crippen molar-refractivity contribution in [2.24, 2.45) is 7.05 Å². The standard InChI is InChI=1S/C15H23N3O/c1-10(2)15-13(9-18(5)17-15)8-16-12(4)14-7-6-11(3)19-14/h6-7,9-10,12,16H,8H2,1-5H3. The van der Waals surface area contributed by atoms with Crippen LogP contribution in [0.5, 0.6) is 0 Å². The first kappa shape index (κ1) is 13.9. The Morgan fingerprint density at radius 3 is 2.63 bits per heavy atom. The highest BCUT2D eigenvalue weighted by Crippen LogP contribution is 2.20. The van der Waals surface area contributed by atoms with Gasteiger partial charge in [0.25, 0.3) is 0 Å². The third-order valence-corrected chi connectivity index (χ3v) is 3.27. The summed E-state index contributed by atoms with van der Waals surface area (Å²) >= 11 is 0. The molecule has 0 aliphatic carbocycles. The van der Waals surface area contributed by atoms with E-state index in [-0.39, 0.29) is 6.04 Å². The molecule has 2 rings (SSSR count). The molecule has 0 bridgehead atoms. The van der Waals surface area contributed by atoms with Crippen molar-refractivity contribution < 1.29 is 4.42 Å². The van der Waals surface area contributed by atoms with E-state index >= 15 is 0 Å². The van der Waals surface area contributed by atoms with Crippen molar-refractivity contribution in [3.05, 3.63) is 41.1 Å². The molecule has 2 heterocycles. The molecule has 1 unspecified atom stereocenters. The molecule has 2 aromatic rings. The van der Waals surface area contributed by atoms with Gasteiger partial charge >= 0.3 is 0 Å². The molecule has 19 heavy (non-hydrogen) atoms. The number of nitrogens with zero attached hydrogens (tertiary/aromatic N) is 2. The molecule has 1 N–H and O–H groups in total. The Labute approximate surface area is 114 Å². The van der Waals surface area contributed by atoms with Gasteiger partial charge in [-0.3, -0.25) is 4.68 Å². The highest BCUT2D eigenvalue weighted by atomic mass is 16.3. The Bertz CT molecular complexity index is 539. The van der Waals surface area contributed by atoms with E-state index in [1.165, 1.54) is 5.56 Å². The minimum atomic E-state index is 0.203. The zero-order chi connectivity index (χ0) is 14.0. The fourth-order valence-corrected chi connectivity index (χ4v) is 2.23. The van der Waals surface area contributed by atoms with Crippen LogP contribution in [0, 0.1) is 6.92 Å². The normalized spacial score (nSPS) is 13.2. The molecule has 0 aromatic carbocycles. The summed E-state index contributed by atoms with van der Waals surface area (Å²) in [5.74, 6) is 2.37. The highest BCUT2D eigenvalue weighted by molar-refractivity contribution is 5.20. The molecular formula is C15H23N3O. The summed E-state index contributed by atoms with van der Waals surface area (Å²) in [6.45, 7) is 9.23. The summed E-state index contributed by atoms with van der Waals surface area (Å²) in [7, 11) is 1.97. The minimum absolute atomic E-state index is 0.203. The molecule has 0 saturated carbocycles. The second-order valence-corrected chi connectivity index (χ2v) is 5.42. The van der Waals surface area contributed by atoms with Gasteiger partial charge in [-0.15, -0.1) is 0 Å². The summed E-state index contributed by atoms with van der Waals surface area (Å²) < 4.78 is 7.52. The van der Waals surface area contributed by atoms with E-state index < -0.39 is 0 Å². The van der Waals surface area contributed by atoms with Crippen molar-refractivity contribution in [2.45, 2.75) is 46.2 Å². The predicted molar refractivity (Wildman–Crippen MR) is 76.0 cm³/mol. The van der Waals surface area contributed by atoms with Crippen LogP contribution in [0.3, 0.4) is 0 Å². The SMILES string of the molecule is Cc1ccc(C(C)NCc2cn(C)nc2C(C)C)o1. The summed E-state index contributed by atoms with van der Waals surface area (Å²) in [5.41, 5.74) is 2.42. The van der Waals surface area contributed by atoms with Gasteiger partial charge in [0, 0.05) is 25.4 Å². The second kappa shape index (κ2) is 5.61. The fourth-order valence-electron chi connectivity index (χ4n) is 2.23.